The summed E-state index contributed by atoms with van der Waals surface area (Å²) in [6.45, 7) is 2.15. The smallest absolute Gasteiger partial charge is 0.194 e. The molecule has 1 aromatic rings. The Morgan fingerprint density at radius 1 is 0.415 bits per heavy atom. The molecule has 2 fully saturated rings. The number of unbranched alkanes of at least 4 members (excludes halogenated alkanes) is 2. The lowest BCUT2D eigenvalue weighted by Gasteiger charge is -2.43. The molecule has 0 spiro atoms. The van der Waals surface area contributed by atoms with E-state index in [0.29, 0.717) is 37.5 Å². The van der Waals surface area contributed by atoms with Gasteiger partial charge >= 0.3 is 53.6 Å². The zero-order chi connectivity index (χ0) is 40.7. The third-order valence-electron chi connectivity index (χ3n) is 10.9. The molecule has 2 saturated carbocycles. The van der Waals surface area contributed by atoms with E-state index < -0.39 is 59.1 Å². The van der Waals surface area contributed by atoms with Gasteiger partial charge in [-0.2, -0.15) is 83.4 Å². The van der Waals surface area contributed by atoms with Crippen LogP contribution in [0.4, 0.5) is 83.4 Å². The Kier molecular flexibility index (Phi) is 13.2. The second kappa shape index (κ2) is 15.4. The molecular formula is C34H39F19. The summed E-state index contributed by atoms with van der Waals surface area (Å²) in [6, 6.07) is 1.52. The van der Waals surface area contributed by atoms with Crippen molar-refractivity contribution in [2.75, 3.05) is 0 Å². The van der Waals surface area contributed by atoms with E-state index in [-0.39, 0.29) is 23.6 Å². The summed E-state index contributed by atoms with van der Waals surface area (Å²) >= 11 is 0. The van der Waals surface area contributed by atoms with Crippen LogP contribution in [0.15, 0.2) is 24.3 Å². The zero-order valence-electron chi connectivity index (χ0n) is 28.2. The molecule has 0 heterocycles. The summed E-state index contributed by atoms with van der Waals surface area (Å²) in [5.41, 5.74) is -2.04. The molecule has 0 N–H and O–H groups in total. The lowest BCUT2D eigenvalue weighted by Crippen LogP contribution is -2.75. The van der Waals surface area contributed by atoms with Crippen LogP contribution in [0.25, 0.3) is 0 Å². The zero-order valence-corrected chi connectivity index (χ0v) is 28.2. The van der Waals surface area contributed by atoms with Crippen LogP contribution in [-0.4, -0.2) is 47.6 Å². The van der Waals surface area contributed by atoms with Gasteiger partial charge in [-0.05, 0) is 54.9 Å². The largest absolute Gasteiger partial charge is 0.460 e. The van der Waals surface area contributed by atoms with Crippen molar-refractivity contribution in [1.82, 2.24) is 0 Å². The normalized spacial score (nSPS) is 23.7. The van der Waals surface area contributed by atoms with Crippen molar-refractivity contribution in [3.63, 3.8) is 0 Å². The van der Waals surface area contributed by atoms with Crippen LogP contribution in [0, 0.1) is 17.8 Å². The van der Waals surface area contributed by atoms with Gasteiger partial charge in [0.2, 0.25) is 0 Å². The minimum Gasteiger partial charge on any atom is -0.194 e. The van der Waals surface area contributed by atoms with E-state index in [1.54, 1.807) is 0 Å². The standard InChI is InChI=1S/C34H39F19/c1-2-3-4-5-20-6-8-21(9-7-20)10-11-22-12-14-23(15-13-22)24-16-18-25(19-17-24)26(35,36)27(37,38)28(39,40)29(41,42)30(43,44)31(45,46)32(47,48)33(49,50)34(51,52)53/h16-23H,2-15H2,1H3/t20-,21-,22-,23-. The average molecular weight is 809 g/mol. The van der Waals surface area contributed by atoms with Gasteiger partial charge < -0.3 is 0 Å². The third-order valence-corrected chi connectivity index (χ3v) is 10.9. The number of alkyl halides is 19. The van der Waals surface area contributed by atoms with E-state index in [4.69, 9.17) is 0 Å². The Bertz CT molecular complexity index is 1320. The van der Waals surface area contributed by atoms with Crippen LogP contribution in [0.5, 0.6) is 0 Å². The topological polar surface area (TPSA) is 0 Å². The van der Waals surface area contributed by atoms with Crippen molar-refractivity contribution in [3.05, 3.63) is 35.4 Å². The van der Waals surface area contributed by atoms with E-state index >= 15 is 0 Å². The van der Waals surface area contributed by atoms with Gasteiger partial charge in [-0.1, -0.05) is 95.4 Å². The van der Waals surface area contributed by atoms with E-state index in [1.165, 1.54) is 32.1 Å². The molecule has 53 heavy (non-hydrogen) atoms. The molecule has 2 aliphatic rings. The van der Waals surface area contributed by atoms with Gasteiger partial charge in [0.25, 0.3) is 0 Å². The lowest BCUT2D eigenvalue weighted by atomic mass is 9.74. The number of halogens is 19. The maximum atomic E-state index is 14.8. The molecule has 2 aliphatic carbocycles. The first kappa shape index (κ1) is 45.3. The van der Waals surface area contributed by atoms with Gasteiger partial charge in [-0.25, -0.2) is 0 Å². The van der Waals surface area contributed by atoms with Crippen molar-refractivity contribution in [3.8, 4) is 0 Å². The van der Waals surface area contributed by atoms with Gasteiger partial charge in [0.1, 0.15) is 0 Å². The second-order valence-corrected chi connectivity index (χ2v) is 14.4. The summed E-state index contributed by atoms with van der Waals surface area (Å²) in [7, 11) is 0. The summed E-state index contributed by atoms with van der Waals surface area (Å²) in [5, 5.41) is 0. The molecule has 0 aromatic heterocycles. The van der Waals surface area contributed by atoms with E-state index in [2.05, 4.69) is 6.92 Å². The van der Waals surface area contributed by atoms with Crippen molar-refractivity contribution < 1.29 is 83.4 Å². The second-order valence-electron chi connectivity index (χ2n) is 14.4. The Hall–Kier alpha value is -2.11. The minimum absolute atomic E-state index is 0.0347. The molecule has 1 aromatic carbocycles. The van der Waals surface area contributed by atoms with E-state index in [0.717, 1.165) is 50.2 Å². The molecule has 0 radical (unpaired) electrons. The molecular weight excluding hydrogens is 769 g/mol. The van der Waals surface area contributed by atoms with Crippen LogP contribution < -0.4 is 0 Å². The van der Waals surface area contributed by atoms with Crippen molar-refractivity contribution in [1.29, 1.82) is 0 Å². The van der Waals surface area contributed by atoms with Gasteiger partial charge in [-0.3, -0.25) is 0 Å². The van der Waals surface area contributed by atoms with Crippen LogP contribution in [-0.2, 0) is 5.92 Å². The highest BCUT2D eigenvalue weighted by Crippen LogP contribution is 2.66. The number of hydrogen-bond acceptors (Lipinski definition) is 0. The number of rotatable bonds is 16. The van der Waals surface area contributed by atoms with Crippen LogP contribution >= 0.6 is 0 Å². The maximum Gasteiger partial charge on any atom is 0.460 e. The van der Waals surface area contributed by atoms with E-state index in [1.807, 2.05) is 0 Å². The van der Waals surface area contributed by atoms with Gasteiger partial charge in [0, 0.05) is 5.56 Å². The fourth-order valence-corrected chi connectivity index (χ4v) is 7.25. The summed E-state index contributed by atoms with van der Waals surface area (Å²) < 4.78 is 261. The minimum atomic E-state index is -8.92. The first-order valence-corrected chi connectivity index (χ1v) is 17.1. The van der Waals surface area contributed by atoms with Gasteiger partial charge in [0.15, 0.2) is 0 Å². The molecule has 0 bridgehead atoms. The van der Waals surface area contributed by atoms with Gasteiger partial charge in [0.05, 0.1) is 0 Å². The molecule has 3 rings (SSSR count). The molecule has 308 valence electrons. The number of benzene rings is 1. The fraction of sp³-hybridized carbons (Fsp3) is 0.824. The molecule has 0 nitrogen and oxygen atoms in total. The Labute approximate surface area is 293 Å². The SMILES string of the molecule is CCCCC[C@H]1CC[C@H](CC[C@H]2CC[C@H](c3ccc(C(F)(F)C(F)(F)C(F)(F)C(F)(F)C(F)(F)C(F)(F)C(F)(F)C(F)(F)C(F)(F)F)cc3)CC2)CC1. The molecule has 0 unspecified atom stereocenters. The number of hydrogen-bond donors (Lipinski definition) is 0. The Morgan fingerprint density at radius 3 is 1.13 bits per heavy atom. The fourth-order valence-electron chi connectivity index (χ4n) is 7.25. The highest BCUT2D eigenvalue weighted by atomic mass is 19.4. The first-order chi connectivity index (χ1) is 24.0. The molecule has 0 amide bonds. The first-order valence-electron chi connectivity index (χ1n) is 17.1. The van der Waals surface area contributed by atoms with Crippen molar-refractivity contribution in [2.24, 2.45) is 17.8 Å². The predicted octanol–water partition coefficient (Wildman–Crippen LogP) is 14.2. The maximum absolute atomic E-state index is 14.8. The quantitative estimate of drug-likeness (QED) is 0.115. The predicted molar refractivity (Wildman–Crippen MR) is 155 cm³/mol. The average Bonchev–Trinajstić information content (AvgIpc) is 3.07. The Morgan fingerprint density at radius 2 is 0.755 bits per heavy atom. The van der Waals surface area contributed by atoms with Gasteiger partial charge in [-0.15, -0.1) is 0 Å². The molecule has 0 saturated heterocycles. The highest BCUT2D eigenvalue weighted by Gasteiger charge is 2.96. The van der Waals surface area contributed by atoms with E-state index in [9.17, 15) is 83.4 Å². The lowest BCUT2D eigenvalue weighted by molar-refractivity contribution is -0.469. The highest BCUT2D eigenvalue weighted by molar-refractivity contribution is 5.31. The van der Waals surface area contributed by atoms with Crippen molar-refractivity contribution in [2.45, 2.75) is 156 Å². The summed E-state index contributed by atoms with van der Waals surface area (Å²) in [6.07, 6.45) is 5.98. The third kappa shape index (κ3) is 7.96. The van der Waals surface area contributed by atoms with Crippen LogP contribution in [0.2, 0.25) is 0 Å². The Balaban J connectivity index is 1.70. The van der Waals surface area contributed by atoms with Crippen LogP contribution in [0.1, 0.15) is 114 Å². The molecule has 0 atom stereocenters. The molecule has 0 aliphatic heterocycles. The molecule has 19 heteroatoms. The summed E-state index contributed by atoms with van der Waals surface area (Å²) in [5.74, 6) is -65.3. The van der Waals surface area contributed by atoms with Crippen LogP contribution in [0.3, 0.4) is 0 Å². The van der Waals surface area contributed by atoms with Crippen molar-refractivity contribution >= 4 is 0 Å². The summed E-state index contributed by atoms with van der Waals surface area (Å²) in [4.78, 5) is 0. The monoisotopic (exact) mass is 808 g/mol.